The standard InChI is InChI=1S/C14H10O7/c15-7-1-3-9(11(17)5-7)14(20)21-12-6-8(16)2-4-10(12)13(18)19/h1-6,15-17H,(H,18,19). The Morgan fingerprint density at radius 1 is 0.857 bits per heavy atom. The zero-order valence-corrected chi connectivity index (χ0v) is 10.5. The van der Waals surface area contributed by atoms with Crippen LogP contribution in [0.1, 0.15) is 20.7 Å². The number of carboxylic acid groups (broad SMARTS) is 1. The number of carbonyl (C=O) groups is 2. The first-order chi connectivity index (χ1) is 9.88. The zero-order chi connectivity index (χ0) is 15.6. The first-order valence-electron chi connectivity index (χ1n) is 5.69. The highest BCUT2D eigenvalue weighted by molar-refractivity contribution is 5.97. The van der Waals surface area contributed by atoms with Crippen LogP contribution >= 0.6 is 0 Å². The fourth-order valence-electron chi connectivity index (χ4n) is 1.62. The molecule has 2 aromatic rings. The lowest BCUT2D eigenvalue weighted by molar-refractivity contribution is 0.0681. The number of carboxylic acids is 1. The molecule has 0 spiro atoms. The number of benzene rings is 2. The van der Waals surface area contributed by atoms with Gasteiger partial charge in [-0.15, -0.1) is 0 Å². The van der Waals surface area contributed by atoms with Crippen LogP contribution in [-0.2, 0) is 0 Å². The number of phenols is 3. The molecule has 21 heavy (non-hydrogen) atoms. The van der Waals surface area contributed by atoms with E-state index < -0.39 is 17.7 Å². The Morgan fingerprint density at radius 3 is 2.00 bits per heavy atom. The highest BCUT2D eigenvalue weighted by Crippen LogP contribution is 2.28. The summed E-state index contributed by atoms with van der Waals surface area (Å²) in [5.41, 5.74) is -0.577. The largest absolute Gasteiger partial charge is 0.508 e. The summed E-state index contributed by atoms with van der Waals surface area (Å²) < 4.78 is 4.87. The summed E-state index contributed by atoms with van der Waals surface area (Å²) in [5, 5.41) is 37.0. The van der Waals surface area contributed by atoms with Gasteiger partial charge in [0.25, 0.3) is 0 Å². The van der Waals surface area contributed by atoms with Crippen molar-refractivity contribution in [2.45, 2.75) is 0 Å². The molecule has 108 valence electrons. The Morgan fingerprint density at radius 2 is 1.43 bits per heavy atom. The number of aromatic hydroxyl groups is 3. The summed E-state index contributed by atoms with van der Waals surface area (Å²) in [5.74, 6) is -3.77. The van der Waals surface area contributed by atoms with E-state index in [1.165, 1.54) is 0 Å². The van der Waals surface area contributed by atoms with E-state index >= 15 is 0 Å². The monoisotopic (exact) mass is 290 g/mol. The van der Waals surface area contributed by atoms with Crippen molar-refractivity contribution in [2.24, 2.45) is 0 Å². The van der Waals surface area contributed by atoms with Crippen molar-refractivity contribution in [2.75, 3.05) is 0 Å². The molecule has 0 heterocycles. The fourth-order valence-corrected chi connectivity index (χ4v) is 1.62. The van der Waals surface area contributed by atoms with Gasteiger partial charge >= 0.3 is 11.9 Å². The number of hydrogen-bond acceptors (Lipinski definition) is 6. The lowest BCUT2D eigenvalue weighted by Crippen LogP contribution is -2.11. The van der Waals surface area contributed by atoms with E-state index in [4.69, 9.17) is 14.9 Å². The van der Waals surface area contributed by atoms with Crippen molar-refractivity contribution in [3.8, 4) is 23.0 Å². The van der Waals surface area contributed by atoms with E-state index in [0.29, 0.717) is 0 Å². The first-order valence-corrected chi connectivity index (χ1v) is 5.69. The van der Waals surface area contributed by atoms with Crippen molar-refractivity contribution >= 4 is 11.9 Å². The van der Waals surface area contributed by atoms with Crippen molar-refractivity contribution < 1.29 is 34.8 Å². The van der Waals surface area contributed by atoms with Crippen LogP contribution < -0.4 is 4.74 Å². The van der Waals surface area contributed by atoms with Gasteiger partial charge in [-0.05, 0) is 24.3 Å². The van der Waals surface area contributed by atoms with E-state index in [0.717, 1.165) is 36.4 Å². The smallest absolute Gasteiger partial charge is 0.347 e. The molecule has 0 aromatic heterocycles. The molecule has 0 atom stereocenters. The fraction of sp³-hybridized carbons (Fsp3) is 0. The summed E-state index contributed by atoms with van der Waals surface area (Å²) in [7, 11) is 0. The van der Waals surface area contributed by atoms with Crippen LogP contribution in [0.4, 0.5) is 0 Å². The molecule has 0 aliphatic rings. The number of hydrogen-bond donors (Lipinski definition) is 4. The first kappa shape index (κ1) is 14.2. The Hall–Kier alpha value is -3.22. The maximum atomic E-state index is 11.9. The van der Waals surface area contributed by atoms with Gasteiger partial charge in [-0.25, -0.2) is 9.59 Å². The van der Waals surface area contributed by atoms with Gasteiger partial charge in [0.1, 0.15) is 34.1 Å². The van der Waals surface area contributed by atoms with E-state index in [-0.39, 0.29) is 28.4 Å². The highest BCUT2D eigenvalue weighted by atomic mass is 16.5. The van der Waals surface area contributed by atoms with Gasteiger partial charge in [0.05, 0.1) is 0 Å². The maximum absolute atomic E-state index is 11.9. The molecule has 0 unspecified atom stereocenters. The number of ether oxygens (including phenoxy) is 1. The van der Waals surface area contributed by atoms with Gasteiger partial charge < -0.3 is 25.2 Å². The predicted molar refractivity (Wildman–Crippen MR) is 69.8 cm³/mol. The molecule has 2 aromatic carbocycles. The minimum atomic E-state index is -1.34. The Kier molecular flexibility index (Phi) is 3.66. The lowest BCUT2D eigenvalue weighted by Gasteiger charge is -2.09. The van der Waals surface area contributed by atoms with Gasteiger partial charge in [-0.3, -0.25) is 0 Å². The molecule has 0 amide bonds. The molecule has 0 aliphatic carbocycles. The second kappa shape index (κ2) is 5.41. The number of carbonyl (C=O) groups excluding carboxylic acids is 1. The quantitative estimate of drug-likeness (QED) is 0.501. The third kappa shape index (κ3) is 3.03. The van der Waals surface area contributed by atoms with Crippen LogP contribution in [0.15, 0.2) is 36.4 Å². The van der Waals surface area contributed by atoms with Crippen molar-refractivity contribution in [3.63, 3.8) is 0 Å². The third-order valence-corrected chi connectivity index (χ3v) is 2.60. The molecule has 2 rings (SSSR count). The number of aromatic carboxylic acids is 1. The van der Waals surface area contributed by atoms with Crippen LogP contribution in [0.3, 0.4) is 0 Å². The minimum absolute atomic E-state index is 0.243. The minimum Gasteiger partial charge on any atom is -0.508 e. The number of phenolic OH excluding ortho intramolecular Hbond substituents is 3. The van der Waals surface area contributed by atoms with Gasteiger partial charge in [-0.1, -0.05) is 0 Å². The van der Waals surface area contributed by atoms with Gasteiger partial charge in [0.2, 0.25) is 0 Å². The van der Waals surface area contributed by atoms with Crippen LogP contribution in [0.2, 0.25) is 0 Å². The SMILES string of the molecule is O=C(Oc1cc(O)ccc1C(=O)O)c1ccc(O)cc1O. The molecular weight excluding hydrogens is 280 g/mol. The van der Waals surface area contributed by atoms with E-state index in [9.17, 15) is 19.8 Å². The molecule has 4 N–H and O–H groups in total. The van der Waals surface area contributed by atoms with Crippen LogP contribution in [0.25, 0.3) is 0 Å². The molecule has 7 heteroatoms. The average molecular weight is 290 g/mol. The second-order valence-corrected chi connectivity index (χ2v) is 4.08. The molecule has 0 saturated heterocycles. The summed E-state index contributed by atoms with van der Waals surface area (Å²) in [6, 6.07) is 6.42. The van der Waals surface area contributed by atoms with Gasteiger partial charge in [0, 0.05) is 12.1 Å². The normalized spacial score (nSPS) is 10.1. The highest BCUT2D eigenvalue weighted by Gasteiger charge is 2.19. The van der Waals surface area contributed by atoms with E-state index in [2.05, 4.69) is 0 Å². The molecule has 0 fully saturated rings. The van der Waals surface area contributed by atoms with E-state index in [1.807, 2.05) is 0 Å². The second-order valence-electron chi connectivity index (χ2n) is 4.08. The Bertz CT molecular complexity index is 721. The van der Waals surface area contributed by atoms with Gasteiger partial charge in [-0.2, -0.15) is 0 Å². The lowest BCUT2D eigenvalue weighted by atomic mass is 10.1. The zero-order valence-electron chi connectivity index (χ0n) is 10.5. The van der Waals surface area contributed by atoms with Gasteiger partial charge in [0.15, 0.2) is 0 Å². The molecule has 0 saturated carbocycles. The Labute approximate surface area is 118 Å². The van der Waals surface area contributed by atoms with Crippen molar-refractivity contribution in [1.82, 2.24) is 0 Å². The summed E-state index contributed by atoms with van der Waals surface area (Å²) >= 11 is 0. The summed E-state index contributed by atoms with van der Waals surface area (Å²) in [4.78, 5) is 22.9. The average Bonchev–Trinajstić information content (AvgIpc) is 2.37. The number of esters is 1. The molecule has 0 radical (unpaired) electrons. The van der Waals surface area contributed by atoms with Crippen molar-refractivity contribution in [1.29, 1.82) is 0 Å². The summed E-state index contributed by atoms with van der Waals surface area (Å²) in [6.07, 6.45) is 0. The molecular formula is C14H10O7. The Balaban J connectivity index is 2.35. The number of rotatable bonds is 3. The maximum Gasteiger partial charge on any atom is 0.347 e. The predicted octanol–water partition coefficient (Wildman–Crippen LogP) is 1.72. The topological polar surface area (TPSA) is 124 Å². The van der Waals surface area contributed by atoms with Crippen LogP contribution in [0.5, 0.6) is 23.0 Å². The van der Waals surface area contributed by atoms with Crippen LogP contribution in [0, 0.1) is 0 Å². The molecule has 7 nitrogen and oxygen atoms in total. The third-order valence-electron chi connectivity index (χ3n) is 2.60. The van der Waals surface area contributed by atoms with Crippen LogP contribution in [-0.4, -0.2) is 32.4 Å². The van der Waals surface area contributed by atoms with E-state index in [1.54, 1.807) is 0 Å². The van der Waals surface area contributed by atoms with Crippen molar-refractivity contribution in [3.05, 3.63) is 47.5 Å². The molecule has 0 bridgehead atoms. The summed E-state index contributed by atoms with van der Waals surface area (Å²) in [6.45, 7) is 0. The molecule has 0 aliphatic heterocycles.